The molecule has 208 valence electrons. The van der Waals surface area contributed by atoms with Crippen LogP contribution in [-0.2, 0) is 20.7 Å². The number of pyridine rings is 1. The van der Waals surface area contributed by atoms with Crippen LogP contribution < -0.4 is 4.74 Å². The Morgan fingerprint density at radius 2 is 1.98 bits per heavy atom. The third-order valence-electron chi connectivity index (χ3n) is 7.50. The lowest BCUT2D eigenvalue weighted by molar-refractivity contribution is -0.160. The number of fused-ring (bicyclic) bond motifs is 1. The van der Waals surface area contributed by atoms with Crippen LogP contribution in [0.15, 0.2) is 48.7 Å². The summed E-state index contributed by atoms with van der Waals surface area (Å²) in [5, 5.41) is 22.5. The van der Waals surface area contributed by atoms with Crippen LogP contribution in [0, 0.1) is 6.92 Å². The number of carboxylic acid groups (broad SMARTS) is 1. The number of aliphatic carboxylic acids is 1. The zero-order valence-electron chi connectivity index (χ0n) is 23.4. The maximum atomic E-state index is 12.8. The first-order chi connectivity index (χ1) is 19.1. The molecule has 0 amide bonds. The molecule has 2 N–H and O–H groups in total. The Morgan fingerprint density at radius 1 is 1.18 bits per heavy atom. The number of carbonyl (C=O) groups excluding carboxylic acids is 1. The van der Waals surface area contributed by atoms with Crippen LogP contribution in [0.2, 0.25) is 0 Å². The van der Waals surface area contributed by atoms with Crippen LogP contribution in [-0.4, -0.2) is 46.3 Å². The van der Waals surface area contributed by atoms with Gasteiger partial charge in [0, 0.05) is 41.7 Å². The Balaban J connectivity index is 1.90. The third kappa shape index (κ3) is 5.07. The van der Waals surface area contributed by atoms with Gasteiger partial charge in [-0.25, -0.2) is 4.79 Å². The zero-order chi connectivity index (χ0) is 28.6. The van der Waals surface area contributed by atoms with E-state index in [1.54, 1.807) is 6.20 Å². The van der Waals surface area contributed by atoms with Crippen LogP contribution in [0.1, 0.15) is 67.9 Å². The molecule has 0 fully saturated rings. The molecular formula is C33H35NO6. The topological polar surface area (TPSA) is 106 Å². The summed E-state index contributed by atoms with van der Waals surface area (Å²) in [6.07, 6.45) is 3.26. The van der Waals surface area contributed by atoms with Gasteiger partial charge in [-0.2, -0.15) is 0 Å². The van der Waals surface area contributed by atoms with Gasteiger partial charge in [-0.15, -0.1) is 0 Å². The first-order valence-electron chi connectivity index (χ1n) is 13.7. The van der Waals surface area contributed by atoms with Gasteiger partial charge in [0.1, 0.15) is 12.0 Å². The van der Waals surface area contributed by atoms with Gasteiger partial charge in [-0.05, 0) is 91.8 Å². The summed E-state index contributed by atoms with van der Waals surface area (Å²) in [7, 11) is 0. The molecule has 0 spiro atoms. The first kappa shape index (κ1) is 27.7. The minimum Gasteiger partial charge on any atom is -0.493 e. The maximum Gasteiger partial charge on any atom is 0.337 e. The number of carbonyl (C=O) groups is 2. The molecule has 2 atom stereocenters. The van der Waals surface area contributed by atoms with Gasteiger partial charge >= 0.3 is 5.97 Å². The van der Waals surface area contributed by atoms with Crippen LogP contribution in [0.4, 0.5) is 0 Å². The molecule has 2 heterocycles. The molecule has 40 heavy (non-hydrogen) atoms. The van der Waals surface area contributed by atoms with Crippen molar-refractivity contribution in [3.05, 3.63) is 70.9 Å². The molecule has 1 aromatic heterocycles. The quantitative estimate of drug-likeness (QED) is 0.240. The fourth-order valence-electron chi connectivity index (χ4n) is 5.85. The molecule has 0 saturated carbocycles. The fraction of sp³-hybridized carbons (Fsp3) is 0.364. The van der Waals surface area contributed by atoms with Crippen molar-refractivity contribution in [1.82, 2.24) is 4.98 Å². The van der Waals surface area contributed by atoms with Gasteiger partial charge in [0.25, 0.3) is 0 Å². The van der Waals surface area contributed by atoms with E-state index < -0.39 is 23.6 Å². The molecule has 3 aromatic carbocycles. The zero-order valence-corrected chi connectivity index (χ0v) is 23.4. The van der Waals surface area contributed by atoms with Gasteiger partial charge in [-0.1, -0.05) is 24.3 Å². The highest BCUT2D eigenvalue weighted by atomic mass is 16.5. The summed E-state index contributed by atoms with van der Waals surface area (Å²) >= 11 is 0. The van der Waals surface area contributed by atoms with Crippen molar-refractivity contribution in [2.45, 2.75) is 64.6 Å². The van der Waals surface area contributed by atoms with E-state index in [4.69, 9.17) is 14.5 Å². The average Bonchev–Trinajstić information content (AvgIpc) is 2.92. The summed E-state index contributed by atoms with van der Waals surface area (Å²) in [5.74, 6) is -0.724. The van der Waals surface area contributed by atoms with Crippen molar-refractivity contribution >= 4 is 33.9 Å². The Kier molecular flexibility index (Phi) is 7.62. The summed E-state index contributed by atoms with van der Waals surface area (Å²) in [6, 6.07) is 13.6. The smallest absolute Gasteiger partial charge is 0.337 e. The number of aryl methyl sites for hydroxylation is 1. The van der Waals surface area contributed by atoms with Gasteiger partial charge < -0.3 is 24.5 Å². The second kappa shape index (κ2) is 11.0. The van der Waals surface area contributed by atoms with Gasteiger partial charge in [-0.3, -0.25) is 4.98 Å². The van der Waals surface area contributed by atoms with Crippen molar-refractivity contribution in [1.29, 1.82) is 0 Å². The third-order valence-corrected chi connectivity index (χ3v) is 7.50. The second-order valence-corrected chi connectivity index (χ2v) is 11.4. The molecule has 7 nitrogen and oxygen atoms in total. The summed E-state index contributed by atoms with van der Waals surface area (Å²) in [6.45, 7) is 8.01. The number of hydrogen-bond donors (Lipinski definition) is 2. The number of aromatic nitrogens is 1. The highest BCUT2D eigenvalue weighted by Crippen LogP contribution is 2.46. The van der Waals surface area contributed by atoms with Gasteiger partial charge in [0.2, 0.25) is 0 Å². The van der Waals surface area contributed by atoms with Crippen molar-refractivity contribution in [3.63, 3.8) is 0 Å². The van der Waals surface area contributed by atoms with Crippen LogP contribution in [0.3, 0.4) is 0 Å². The van der Waals surface area contributed by atoms with E-state index >= 15 is 0 Å². The SMILES string of the molecule is Cc1cc2c(C(C=O)CCCO)cccc2c(-c2ccc3c4c(ccnc24)CCO3)c1[C@H](OC(C)(C)C)C(=O)O. The Labute approximate surface area is 233 Å². The van der Waals surface area contributed by atoms with E-state index in [0.717, 1.165) is 67.9 Å². The monoisotopic (exact) mass is 541 g/mol. The predicted octanol–water partition coefficient (Wildman–Crippen LogP) is 6.29. The number of carboxylic acids is 1. The molecule has 0 bridgehead atoms. The Morgan fingerprint density at radius 3 is 2.67 bits per heavy atom. The van der Waals surface area contributed by atoms with E-state index in [9.17, 15) is 19.8 Å². The average molecular weight is 542 g/mol. The minimum atomic E-state index is -1.23. The lowest BCUT2D eigenvalue weighted by Gasteiger charge is -2.29. The highest BCUT2D eigenvalue weighted by Gasteiger charge is 2.33. The lowest BCUT2D eigenvalue weighted by atomic mass is 9.82. The van der Waals surface area contributed by atoms with Crippen molar-refractivity contribution in [2.75, 3.05) is 13.2 Å². The number of rotatable bonds is 9. The number of aldehydes is 1. The summed E-state index contributed by atoms with van der Waals surface area (Å²) in [4.78, 5) is 29.8. The number of hydrogen-bond acceptors (Lipinski definition) is 6. The minimum absolute atomic E-state index is 0.00236. The number of aliphatic hydroxyl groups is 1. The van der Waals surface area contributed by atoms with E-state index in [1.807, 2.05) is 70.2 Å². The van der Waals surface area contributed by atoms with E-state index in [2.05, 4.69) is 0 Å². The molecule has 0 radical (unpaired) electrons. The van der Waals surface area contributed by atoms with Gasteiger partial charge in [0.05, 0.1) is 17.7 Å². The Bertz CT molecular complexity index is 1590. The fourth-order valence-corrected chi connectivity index (χ4v) is 5.85. The summed E-state index contributed by atoms with van der Waals surface area (Å²) in [5.41, 5.74) is 4.82. The molecular weight excluding hydrogens is 506 g/mol. The molecule has 1 aliphatic heterocycles. The highest BCUT2D eigenvalue weighted by molar-refractivity contribution is 6.09. The largest absolute Gasteiger partial charge is 0.493 e. The molecule has 4 aromatic rings. The number of ether oxygens (including phenoxy) is 2. The van der Waals surface area contributed by atoms with Crippen molar-refractivity contribution < 1.29 is 29.3 Å². The molecule has 7 heteroatoms. The molecule has 1 unspecified atom stereocenters. The van der Waals surface area contributed by atoms with Crippen molar-refractivity contribution in [3.8, 4) is 16.9 Å². The molecule has 0 saturated heterocycles. The van der Waals surface area contributed by atoms with E-state index in [1.165, 1.54) is 0 Å². The number of benzene rings is 3. The maximum absolute atomic E-state index is 12.8. The lowest BCUT2D eigenvalue weighted by Crippen LogP contribution is -2.28. The molecule has 0 aliphatic carbocycles. The normalized spacial score (nSPS) is 14.6. The summed E-state index contributed by atoms with van der Waals surface area (Å²) < 4.78 is 12.2. The van der Waals surface area contributed by atoms with Crippen LogP contribution in [0.25, 0.3) is 32.8 Å². The molecule has 1 aliphatic rings. The standard InChI is InChI=1S/C33H35NO6/c1-19-17-25-22(21(18-36)7-6-15-35)8-5-9-23(25)29(27(19)31(32(37)38)40-33(2,3)4)24-10-11-26-28-20(13-16-39-26)12-14-34-30(24)28/h5,8-12,14,17-18,21,31,35H,6-7,13,15-16H2,1-4H3,(H,37,38)/t21?,31-/m0/s1. The number of nitrogens with zero attached hydrogens (tertiary/aromatic N) is 1. The molecule has 5 rings (SSSR count). The van der Waals surface area contributed by atoms with Crippen LogP contribution in [0.5, 0.6) is 5.75 Å². The van der Waals surface area contributed by atoms with E-state index in [0.29, 0.717) is 25.0 Å². The predicted molar refractivity (Wildman–Crippen MR) is 155 cm³/mol. The Hall–Kier alpha value is -3.81. The second-order valence-electron chi connectivity index (χ2n) is 11.4. The van der Waals surface area contributed by atoms with E-state index in [-0.39, 0.29) is 6.61 Å². The van der Waals surface area contributed by atoms with Crippen LogP contribution >= 0.6 is 0 Å². The first-order valence-corrected chi connectivity index (χ1v) is 13.7. The van der Waals surface area contributed by atoms with Gasteiger partial charge in [0.15, 0.2) is 6.10 Å². The van der Waals surface area contributed by atoms with Crippen molar-refractivity contribution in [2.24, 2.45) is 0 Å². The number of aliphatic hydroxyl groups excluding tert-OH is 1.